The van der Waals surface area contributed by atoms with Gasteiger partial charge in [0, 0.05) is 13.5 Å². The van der Waals surface area contributed by atoms with Crippen LogP contribution in [-0.4, -0.2) is 44.0 Å². The van der Waals surface area contributed by atoms with Crippen molar-refractivity contribution in [1.82, 2.24) is 4.90 Å². The van der Waals surface area contributed by atoms with Crippen molar-refractivity contribution >= 4 is 27.3 Å². The van der Waals surface area contributed by atoms with Crippen molar-refractivity contribution in [2.24, 2.45) is 0 Å². The van der Waals surface area contributed by atoms with Gasteiger partial charge in [0.1, 0.15) is 6.04 Å². The van der Waals surface area contributed by atoms with Crippen molar-refractivity contribution in [3.05, 3.63) is 24.3 Å². The predicted octanol–water partition coefficient (Wildman–Crippen LogP) is 1.04. The van der Waals surface area contributed by atoms with Crippen LogP contribution in [0.5, 0.6) is 0 Å². The number of rotatable bonds is 4. The highest BCUT2D eigenvalue weighted by Gasteiger charge is 2.32. The van der Waals surface area contributed by atoms with E-state index in [0.717, 1.165) is 4.90 Å². The van der Waals surface area contributed by atoms with Crippen molar-refractivity contribution in [3.63, 3.8) is 0 Å². The lowest BCUT2D eigenvalue weighted by Crippen LogP contribution is -2.48. The highest BCUT2D eigenvalue weighted by Crippen LogP contribution is 2.25. The molecule has 7 heteroatoms. The van der Waals surface area contributed by atoms with Crippen LogP contribution < -0.4 is 5.32 Å². The predicted molar refractivity (Wildman–Crippen MR) is 78.6 cm³/mol. The third-order valence-corrected chi connectivity index (χ3v) is 5.37. The Labute approximate surface area is 124 Å². The van der Waals surface area contributed by atoms with Gasteiger partial charge >= 0.3 is 0 Å². The molecule has 1 N–H and O–H groups in total. The number of likely N-dealkylation sites (tertiary alicyclic amines) is 1. The number of amides is 2. The van der Waals surface area contributed by atoms with E-state index in [1.807, 2.05) is 0 Å². The van der Waals surface area contributed by atoms with E-state index in [-0.39, 0.29) is 28.9 Å². The van der Waals surface area contributed by atoms with Crippen LogP contribution >= 0.6 is 0 Å². The molecule has 1 atom stereocenters. The Hall–Kier alpha value is -1.89. The van der Waals surface area contributed by atoms with Gasteiger partial charge in [-0.1, -0.05) is 19.1 Å². The Balaban J connectivity index is 2.29. The Kier molecular flexibility index (Phi) is 4.32. The van der Waals surface area contributed by atoms with Gasteiger partial charge in [0.05, 0.1) is 16.3 Å². The second-order valence-corrected chi connectivity index (χ2v) is 7.17. The molecule has 1 aliphatic rings. The number of para-hydroxylation sites is 1. The molecule has 6 nitrogen and oxygen atoms in total. The minimum absolute atomic E-state index is 0.0112. The van der Waals surface area contributed by atoms with Gasteiger partial charge in [-0.3, -0.25) is 14.5 Å². The van der Waals surface area contributed by atoms with E-state index in [2.05, 4.69) is 5.32 Å². The molecule has 0 aliphatic carbocycles. The summed E-state index contributed by atoms with van der Waals surface area (Å²) in [5.41, 5.74) is 0.403. The lowest BCUT2D eigenvalue weighted by molar-refractivity contribution is -0.146. The summed E-state index contributed by atoms with van der Waals surface area (Å²) >= 11 is 0. The van der Waals surface area contributed by atoms with Crippen LogP contribution in [0.2, 0.25) is 0 Å². The van der Waals surface area contributed by atoms with Gasteiger partial charge in [0.25, 0.3) is 5.91 Å². The van der Waals surface area contributed by atoms with Crippen LogP contribution in [0.4, 0.5) is 5.69 Å². The maximum absolute atomic E-state index is 12.1. The lowest BCUT2D eigenvalue weighted by atomic mass is 10.0. The Morgan fingerprint density at radius 3 is 2.62 bits per heavy atom. The van der Waals surface area contributed by atoms with E-state index in [4.69, 9.17) is 0 Å². The third kappa shape index (κ3) is 3.07. The summed E-state index contributed by atoms with van der Waals surface area (Å²) in [4.78, 5) is 24.8. The van der Waals surface area contributed by atoms with E-state index in [1.165, 1.54) is 13.1 Å². The second-order valence-electron chi connectivity index (χ2n) is 4.93. The summed E-state index contributed by atoms with van der Waals surface area (Å²) in [6.07, 6.45) is 0.630. The average molecular weight is 310 g/mol. The molecule has 1 unspecified atom stereocenters. The number of imide groups is 1. The number of piperidine rings is 1. The first-order chi connectivity index (χ1) is 9.86. The molecule has 2 amide bonds. The van der Waals surface area contributed by atoms with Gasteiger partial charge in [0.15, 0.2) is 9.84 Å². The zero-order valence-corrected chi connectivity index (χ0v) is 12.8. The molecule has 1 fully saturated rings. The number of carbonyl (C=O) groups is 2. The monoisotopic (exact) mass is 310 g/mol. The molecule has 114 valence electrons. The summed E-state index contributed by atoms with van der Waals surface area (Å²) in [5, 5.41) is 2.97. The Morgan fingerprint density at radius 2 is 1.95 bits per heavy atom. The van der Waals surface area contributed by atoms with E-state index >= 15 is 0 Å². The highest BCUT2D eigenvalue weighted by molar-refractivity contribution is 7.91. The quantitative estimate of drug-likeness (QED) is 0.840. The van der Waals surface area contributed by atoms with E-state index in [1.54, 1.807) is 25.1 Å². The summed E-state index contributed by atoms with van der Waals surface area (Å²) in [6, 6.07) is 5.92. The van der Waals surface area contributed by atoms with Crippen LogP contribution in [0.1, 0.15) is 19.8 Å². The molecule has 0 spiro atoms. The molecule has 1 heterocycles. The fourth-order valence-electron chi connectivity index (χ4n) is 2.25. The van der Waals surface area contributed by atoms with Crippen LogP contribution in [0.25, 0.3) is 0 Å². The van der Waals surface area contributed by atoms with Crippen LogP contribution in [0, 0.1) is 0 Å². The SMILES string of the molecule is CCS(=O)(=O)c1ccccc1NC1CCC(=O)N(C)C1=O. The van der Waals surface area contributed by atoms with Gasteiger partial charge in [-0.25, -0.2) is 8.42 Å². The molecule has 0 saturated carbocycles. The van der Waals surface area contributed by atoms with Crippen LogP contribution in [0.15, 0.2) is 29.2 Å². The number of nitrogens with zero attached hydrogens (tertiary/aromatic N) is 1. The molecule has 1 aromatic carbocycles. The van der Waals surface area contributed by atoms with Gasteiger partial charge < -0.3 is 5.32 Å². The zero-order valence-electron chi connectivity index (χ0n) is 12.0. The van der Waals surface area contributed by atoms with Crippen LogP contribution in [-0.2, 0) is 19.4 Å². The summed E-state index contributed by atoms with van der Waals surface area (Å²) in [7, 11) is -1.94. The number of carbonyl (C=O) groups excluding carboxylic acids is 2. The average Bonchev–Trinajstić information content (AvgIpc) is 2.48. The number of nitrogens with one attached hydrogen (secondary N) is 1. The minimum Gasteiger partial charge on any atom is -0.373 e. The normalized spacial score (nSPS) is 19.7. The fourth-order valence-corrected chi connectivity index (χ4v) is 3.31. The standard InChI is InChI=1S/C14H18N2O4S/c1-3-21(19,20)12-7-5-4-6-10(12)15-11-8-9-13(17)16(2)14(11)18/h4-7,11,15H,3,8-9H2,1-2H3. The molecule has 21 heavy (non-hydrogen) atoms. The smallest absolute Gasteiger partial charge is 0.251 e. The number of likely N-dealkylation sites (N-methyl/N-ethyl adjacent to an activating group) is 1. The van der Waals surface area contributed by atoms with Gasteiger partial charge in [0.2, 0.25) is 5.91 Å². The molecule has 0 aromatic heterocycles. The first-order valence-corrected chi connectivity index (χ1v) is 8.40. The van der Waals surface area contributed by atoms with Gasteiger partial charge in [-0.05, 0) is 18.6 Å². The van der Waals surface area contributed by atoms with E-state index < -0.39 is 15.9 Å². The number of hydrogen-bond donors (Lipinski definition) is 1. The molecule has 0 bridgehead atoms. The maximum atomic E-state index is 12.1. The Morgan fingerprint density at radius 1 is 1.29 bits per heavy atom. The minimum atomic E-state index is -3.38. The highest BCUT2D eigenvalue weighted by atomic mass is 32.2. The van der Waals surface area contributed by atoms with Crippen molar-refractivity contribution < 1.29 is 18.0 Å². The van der Waals surface area contributed by atoms with E-state index in [0.29, 0.717) is 12.1 Å². The van der Waals surface area contributed by atoms with Crippen molar-refractivity contribution in [2.45, 2.75) is 30.7 Å². The number of benzene rings is 1. The Bertz CT molecular complexity index is 669. The topological polar surface area (TPSA) is 83.6 Å². The molecular formula is C14H18N2O4S. The maximum Gasteiger partial charge on any atom is 0.251 e. The second kappa shape index (κ2) is 5.85. The van der Waals surface area contributed by atoms with Crippen molar-refractivity contribution in [1.29, 1.82) is 0 Å². The van der Waals surface area contributed by atoms with Crippen LogP contribution in [0.3, 0.4) is 0 Å². The van der Waals surface area contributed by atoms with Gasteiger partial charge in [-0.15, -0.1) is 0 Å². The largest absolute Gasteiger partial charge is 0.373 e. The molecule has 1 aliphatic heterocycles. The first kappa shape index (κ1) is 15.5. The molecule has 1 saturated heterocycles. The summed E-state index contributed by atoms with van der Waals surface area (Å²) in [6.45, 7) is 1.57. The number of sulfone groups is 1. The summed E-state index contributed by atoms with van der Waals surface area (Å²) in [5.74, 6) is -0.564. The zero-order chi connectivity index (χ0) is 15.6. The van der Waals surface area contributed by atoms with E-state index in [9.17, 15) is 18.0 Å². The summed E-state index contributed by atoms with van der Waals surface area (Å²) < 4.78 is 24.1. The molecule has 2 rings (SSSR count). The number of anilines is 1. The number of hydrogen-bond acceptors (Lipinski definition) is 5. The lowest BCUT2D eigenvalue weighted by Gasteiger charge is -2.29. The first-order valence-electron chi connectivity index (χ1n) is 6.75. The van der Waals surface area contributed by atoms with Gasteiger partial charge in [-0.2, -0.15) is 0 Å². The molecular weight excluding hydrogens is 292 g/mol. The van der Waals surface area contributed by atoms with Crippen molar-refractivity contribution in [3.8, 4) is 0 Å². The molecule has 0 radical (unpaired) electrons. The molecule has 1 aromatic rings. The fraction of sp³-hybridized carbons (Fsp3) is 0.429. The third-order valence-electron chi connectivity index (χ3n) is 3.58. The van der Waals surface area contributed by atoms with Crippen molar-refractivity contribution in [2.75, 3.05) is 18.1 Å².